The largest absolute Gasteiger partial charge is 0.0885 e. The fourth-order valence-corrected chi connectivity index (χ4v) is 4.45. The van der Waals surface area contributed by atoms with Crippen LogP contribution in [0.25, 0.3) is 0 Å². The van der Waals surface area contributed by atoms with Crippen molar-refractivity contribution in [3.05, 3.63) is 12.2 Å². The zero-order valence-electron chi connectivity index (χ0n) is 21.0. The van der Waals surface area contributed by atoms with Gasteiger partial charge >= 0.3 is 0 Å². The van der Waals surface area contributed by atoms with Crippen molar-refractivity contribution in [3.8, 4) is 0 Å². The second-order valence-electron chi connectivity index (χ2n) is 9.58. The lowest BCUT2D eigenvalue weighted by molar-refractivity contribution is 0.373. The Bertz CT molecular complexity index is 303. The van der Waals surface area contributed by atoms with Gasteiger partial charge in [0.1, 0.15) is 0 Å². The van der Waals surface area contributed by atoms with Gasteiger partial charge in [0, 0.05) is 0 Å². The highest BCUT2D eigenvalue weighted by Crippen LogP contribution is 2.23. The van der Waals surface area contributed by atoms with Crippen LogP contribution in [0.4, 0.5) is 0 Å². The Kier molecular flexibility index (Phi) is 25.5. The van der Waals surface area contributed by atoms with Crippen molar-refractivity contribution in [3.63, 3.8) is 0 Å². The van der Waals surface area contributed by atoms with Gasteiger partial charge in [-0.3, -0.25) is 0 Å². The zero-order valence-corrected chi connectivity index (χ0v) is 21.0. The summed E-state index contributed by atoms with van der Waals surface area (Å²) < 4.78 is 0. The molecule has 1 atom stereocenters. The van der Waals surface area contributed by atoms with Gasteiger partial charge in [-0.15, -0.1) is 0 Å². The summed E-state index contributed by atoms with van der Waals surface area (Å²) in [5.41, 5.74) is 0. The summed E-state index contributed by atoms with van der Waals surface area (Å²) in [5, 5.41) is 0. The molecule has 0 aromatic rings. The molecule has 0 saturated heterocycles. The molecule has 0 rings (SSSR count). The smallest absolute Gasteiger partial charge is 0.0351 e. The van der Waals surface area contributed by atoms with E-state index in [2.05, 4.69) is 32.9 Å². The monoisotopic (exact) mass is 406 g/mol. The van der Waals surface area contributed by atoms with E-state index in [-0.39, 0.29) is 0 Å². The van der Waals surface area contributed by atoms with E-state index in [1.54, 1.807) is 0 Å². The quantitative estimate of drug-likeness (QED) is 0.110. The summed E-state index contributed by atoms with van der Waals surface area (Å²) in [7, 11) is 0. The highest BCUT2D eigenvalue weighted by molar-refractivity contribution is 4.81. The average Bonchev–Trinajstić information content (AvgIpc) is 2.73. The highest BCUT2D eigenvalue weighted by Gasteiger charge is 2.07. The fraction of sp³-hybridized carbons (Fsp3) is 0.931. The molecule has 0 heteroatoms. The van der Waals surface area contributed by atoms with Gasteiger partial charge in [-0.25, -0.2) is 0 Å². The van der Waals surface area contributed by atoms with E-state index in [0.29, 0.717) is 0 Å². The van der Waals surface area contributed by atoms with Crippen LogP contribution in [-0.4, -0.2) is 0 Å². The summed E-state index contributed by atoms with van der Waals surface area (Å²) in [5.74, 6) is 1.04. The molecule has 0 amide bonds. The van der Waals surface area contributed by atoms with E-state index in [1.165, 1.54) is 148 Å². The van der Waals surface area contributed by atoms with Crippen LogP contribution in [-0.2, 0) is 0 Å². The lowest BCUT2D eigenvalue weighted by atomic mass is 9.90. The molecule has 0 heterocycles. The van der Waals surface area contributed by atoms with Crippen LogP contribution in [0, 0.1) is 5.92 Å². The van der Waals surface area contributed by atoms with Crippen LogP contribution in [0.15, 0.2) is 12.2 Å². The first-order chi connectivity index (χ1) is 14.3. The van der Waals surface area contributed by atoms with Crippen LogP contribution < -0.4 is 0 Å². The Balaban J connectivity index is 3.33. The summed E-state index contributed by atoms with van der Waals surface area (Å²) in [6.45, 7) is 6.94. The van der Waals surface area contributed by atoms with Crippen molar-refractivity contribution in [2.24, 2.45) is 5.92 Å². The van der Waals surface area contributed by atoms with Gasteiger partial charge in [-0.05, 0) is 25.2 Å². The molecule has 29 heavy (non-hydrogen) atoms. The predicted molar refractivity (Wildman–Crippen MR) is 136 cm³/mol. The van der Waals surface area contributed by atoms with E-state index in [4.69, 9.17) is 0 Å². The lowest BCUT2D eigenvalue weighted by Gasteiger charge is -2.16. The van der Waals surface area contributed by atoms with Crippen molar-refractivity contribution < 1.29 is 0 Å². The maximum Gasteiger partial charge on any atom is -0.0351 e. The molecule has 0 aliphatic rings. The van der Waals surface area contributed by atoms with Gasteiger partial charge in [0.05, 0.1) is 0 Å². The van der Waals surface area contributed by atoms with Gasteiger partial charge in [-0.2, -0.15) is 0 Å². The van der Waals surface area contributed by atoms with Crippen molar-refractivity contribution in [1.29, 1.82) is 0 Å². The third-order valence-corrected chi connectivity index (χ3v) is 6.56. The maximum absolute atomic E-state index is 2.41. The number of hydrogen-bond acceptors (Lipinski definition) is 0. The van der Waals surface area contributed by atoms with Crippen LogP contribution in [0.3, 0.4) is 0 Å². The first-order valence-electron chi connectivity index (χ1n) is 14.0. The Morgan fingerprint density at radius 2 is 0.759 bits per heavy atom. The lowest BCUT2D eigenvalue weighted by Crippen LogP contribution is -2.01. The molecular formula is C29H58. The Hall–Kier alpha value is -0.260. The third-order valence-electron chi connectivity index (χ3n) is 6.56. The molecule has 0 aromatic carbocycles. The number of unbranched alkanes of at least 4 members (excludes halogenated alkanes) is 16. The van der Waals surface area contributed by atoms with Gasteiger partial charge in [0.25, 0.3) is 0 Å². The minimum atomic E-state index is 1.04. The SMILES string of the molecule is CCCCC=CCCCCCCCCCCCCCC(CCCC)CCCCC. The van der Waals surface area contributed by atoms with Crippen LogP contribution >= 0.6 is 0 Å². The topological polar surface area (TPSA) is 0 Å². The van der Waals surface area contributed by atoms with Crippen LogP contribution in [0.5, 0.6) is 0 Å². The summed E-state index contributed by atoms with van der Waals surface area (Å²) in [6, 6.07) is 0. The molecule has 0 N–H and O–H groups in total. The molecule has 0 nitrogen and oxygen atoms in total. The summed E-state index contributed by atoms with van der Waals surface area (Å²) in [6.07, 6.45) is 37.9. The fourth-order valence-electron chi connectivity index (χ4n) is 4.45. The highest BCUT2D eigenvalue weighted by atomic mass is 14.1. The van der Waals surface area contributed by atoms with Gasteiger partial charge in [0.2, 0.25) is 0 Å². The second kappa shape index (κ2) is 25.8. The molecule has 0 bridgehead atoms. The van der Waals surface area contributed by atoms with Gasteiger partial charge in [0.15, 0.2) is 0 Å². The van der Waals surface area contributed by atoms with E-state index < -0.39 is 0 Å². The molecule has 0 aliphatic carbocycles. The second-order valence-corrected chi connectivity index (χ2v) is 9.58. The van der Waals surface area contributed by atoms with Crippen LogP contribution in [0.2, 0.25) is 0 Å². The zero-order chi connectivity index (χ0) is 21.3. The first-order valence-corrected chi connectivity index (χ1v) is 14.0. The normalized spacial score (nSPS) is 12.8. The van der Waals surface area contributed by atoms with Crippen molar-refractivity contribution >= 4 is 0 Å². The number of hydrogen-bond donors (Lipinski definition) is 0. The molecule has 0 saturated carbocycles. The van der Waals surface area contributed by atoms with Gasteiger partial charge in [-0.1, -0.05) is 161 Å². The van der Waals surface area contributed by atoms with Crippen molar-refractivity contribution in [1.82, 2.24) is 0 Å². The molecule has 174 valence electrons. The van der Waals surface area contributed by atoms with E-state index in [0.717, 1.165) is 5.92 Å². The molecular weight excluding hydrogens is 348 g/mol. The molecule has 0 spiro atoms. The minimum Gasteiger partial charge on any atom is -0.0885 e. The summed E-state index contributed by atoms with van der Waals surface area (Å²) in [4.78, 5) is 0. The van der Waals surface area contributed by atoms with Crippen molar-refractivity contribution in [2.45, 2.75) is 168 Å². The Morgan fingerprint density at radius 3 is 1.28 bits per heavy atom. The minimum absolute atomic E-state index is 1.04. The van der Waals surface area contributed by atoms with Crippen LogP contribution in [0.1, 0.15) is 168 Å². The summed E-state index contributed by atoms with van der Waals surface area (Å²) >= 11 is 0. The first kappa shape index (κ1) is 28.7. The molecule has 0 aromatic heterocycles. The third kappa shape index (κ3) is 23.9. The van der Waals surface area contributed by atoms with Gasteiger partial charge < -0.3 is 0 Å². The average molecular weight is 407 g/mol. The van der Waals surface area contributed by atoms with Crippen molar-refractivity contribution in [2.75, 3.05) is 0 Å². The molecule has 1 unspecified atom stereocenters. The maximum atomic E-state index is 2.41. The Labute approximate surface area is 186 Å². The molecule has 0 fully saturated rings. The molecule has 0 aliphatic heterocycles. The predicted octanol–water partition coefficient (Wildman–Crippen LogP) is 11.2. The Morgan fingerprint density at radius 1 is 0.379 bits per heavy atom. The standard InChI is InChI=1S/C29H58/c1-4-7-10-11-12-13-14-15-16-17-18-19-20-21-22-23-25-28-29(26-9-6-3)27-24-8-5-2/h11-12,29H,4-10,13-28H2,1-3H3. The molecule has 0 radical (unpaired) electrons. The van der Waals surface area contributed by atoms with E-state index in [9.17, 15) is 0 Å². The van der Waals surface area contributed by atoms with E-state index in [1.807, 2.05) is 0 Å². The number of rotatable bonds is 24. The van der Waals surface area contributed by atoms with E-state index >= 15 is 0 Å². The number of allylic oxidation sites excluding steroid dienone is 2.